The van der Waals surface area contributed by atoms with Crippen molar-refractivity contribution in [3.8, 4) is 11.5 Å². The summed E-state index contributed by atoms with van der Waals surface area (Å²) in [6, 6.07) is 13.1. The third-order valence-electron chi connectivity index (χ3n) is 4.14. The van der Waals surface area contributed by atoms with Crippen LogP contribution in [0.1, 0.15) is 28.4 Å². The van der Waals surface area contributed by atoms with E-state index in [1.807, 2.05) is 24.1 Å². The van der Waals surface area contributed by atoms with Gasteiger partial charge in [-0.15, -0.1) is 0 Å². The van der Waals surface area contributed by atoms with E-state index in [0.29, 0.717) is 31.0 Å². The van der Waals surface area contributed by atoms with Gasteiger partial charge in [0.2, 0.25) is 0 Å². The normalized spacial score (nSPS) is 12.1. The molecule has 0 bridgehead atoms. The number of carbonyl (C=O) groups excluding carboxylic acids is 1. The van der Waals surface area contributed by atoms with Crippen molar-refractivity contribution in [3.05, 3.63) is 59.2 Å². The first-order chi connectivity index (χ1) is 12.8. The van der Waals surface area contributed by atoms with E-state index < -0.39 is 6.10 Å². The average molecular weight is 371 g/mol. The second kappa shape index (κ2) is 10.1. The molecule has 0 amide bonds. The van der Waals surface area contributed by atoms with Crippen molar-refractivity contribution < 1.29 is 19.4 Å². The van der Waals surface area contributed by atoms with Crippen molar-refractivity contribution in [2.24, 2.45) is 0 Å². The predicted octanol–water partition coefficient (Wildman–Crippen LogP) is 3.26. The van der Waals surface area contributed by atoms with E-state index in [1.54, 1.807) is 24.3 Å². The van der Waals surface area contributed by atoms with Crippen LogP contribution in [0.4, 0.5) is 0 Å². The number of hydrogen-bond donors (Lipinski definition) is 1. The standard InChI is InChI=1S/C22H29NO4/c1-16-10-17(2)12-22(11-16)26-9-8-23(4)14-20(25)15-27-21-7-5-6-19(13-21)18(3)24/h5-7,10-13,20,25H,8-9,14-15H2,1-4H3/t20-/m1/s1. The maximum atomic E-state index is 11.4. The Hall–Kier alpha value is -2.37. The van der Waals surface area contributed by atoms with Crippen LogP contribution in [0.5, 0.6) is 11.5 Å². The molecule has 2 aromatic rings. The first kappa shape index (κ1) is 20.9. The molecule has 0 aliphatic carbocycles. The van der Waals surface area contributed by atoms with Gasteiger partial charge in [-0.2, -0.15) is 0 Å². The summed E-state index contributed by atoms with van der Waals surface area (Å²) in [7, 11) is 1.93. The van der Waals surface area contributed by atoms with Crippen LogP contribution >= 0.6 is 0 Å². The molecule has 2 rings (SSSR count). The molecular formula is C22H29NO4. The fourth-order valence-electron chi connectivity index (χ4n) is 2.84. The van der Waals surface area contributed by atoms with Crippen molar-refractivity contribution in [1.82, 2.24) is 4.90 Å². The SMILES string of the molecule is CC(=O)c1cccc(OC[C@H](O)CN(C)CCOc2cc(C)cc(C)c2)c1. The Morgan fingerprint density at radius 1 is 1.07 bits per heavy atom. The van der Waals surface area contributed by atoms with Crippen LogP contribution in [-0.4, -0.2) is 55.2 Å². The van der Waals surface area contributed by atoms with Gasteiger partial charge in [-0.25, -0.2) is 0 Å². The quantitative estimate of drug-likeness (QED) is 0.650. The number of hydrogen-bond acceptors (Lipinski definition) is 5. The number of Topliss-reactive ketones (excluding diaryl/α,β-unsaturated/α-hetero) is 1. The minimum atomic E-state index is -0.628. The van der Waals surface area contributed by atoms with Gasteiger partial charge in [0.1, 0.15) is 30.8 Å². The van der Waals surface area contributed by atoms with Gasteiger partial charge in [0.05, 0.1) is 0 Å². The highest BCUT2D eigenvalue weighted by Crippen LogP contribution is 2.16. The number of aryl methyl sites for hydroxylation is 2. The summed E-state index contributed by atoms with van der Waals surface area (Å²) < 4.78 is 11.4. The van der Waals surface area contributed by atoms with E-state index in [-0.39, 0.29) is 12.4 Å². The molecule has 0 unspecified atom stereocenters. The van der Waals surface area contributed by atoms with Crippen LogP contribution in [0, 0.1) is 13.8 Å². The first-order valence-corrected chi connectivity index (χ1v) is 9.15. The summed E-state index contributed by atoms with van der Waals surface area (Å²) in [5.74, 6) is 1.45. The van der Waals surface area contributed by atoms with Gasteiger partial charge in [0, 0.05) is 18.7 Å². The number of aliphatic hydroxyl groups is 1. The Kier molecular flexibility index (Phi) is 7.82. The van der Waals surface area contributed by atoms with E-state index in [9.17, 15) is 9.90 Å². The number of carbonyl (C=O) groups is 1. The second-order valence-corrected chi connectivity index (χ2v) is 6.98. The lowest BCUT2D eigenvalue weighted by molar-refractivity contribution is 0.0722. The third kappa shape index (κ3) is 7.41. The maximum absolute atomic E-state index is 11.4. The zero-order chi connectivity index (χ0) is 19.8. The molecule has 0 aliphatic heterocycles. The van der Waals surface area contributed by atoms with Crippen LogP contribution in [0.3, 0.4) is 0 Å². The highest BCUT2D eigenvalue weighted by Gasteiger charge is 2.10. The van der Waals surface area contributed by atoms with Gasteiger partial charge in [0.25, 0.3) is 0 Å². The minimum absolute atomic E-state index is 0.00969. The highest BCUT2D eigenvalue weighted by molar-refractivity contribution is 5.94. The monoisotopic (exact) mass is 371 g/mol. The number of aliphatic hydroxyl groups excluding tert-OH is 1. The molecule has 0 aliphatic rings. The summed E-state index contributed by atoms with van der Waals surface area (Å²) in [6.07, 6.45) is -0.628. The molecule has 5 heteroatoms. The molecule has 0 saturated carbocycles. The van der Waals surface area contributed by atoms with E-state index in [0.717, 1.165) is 5.75 Å². The Morgan fingerprint density at radius 2 is 1.78 bits per heavy atom. The molecule has 1 N–H and O–H groups in total. The van der Waals surface area contributed by atoms with E-state index in [2.05, 4.69) is 19.9 Å². The molecule has 146 valence electrons. The zero-order valence-electron chi connectivity index (χ0n) is 16.6. The number of rotatable bonds is 10. The number of ether oxygens (including phenoxy) is 2. The van der Waals surface area contributed by atoms with Crippen LogP contribution in [0.15, 0.2) is 42.5 Å². The topological polar surface area (TPSA) is 59.0 Å². The molecule has 0 saturated heterocycles. The fraction of sp³-hybridized carbons (Fsp3) is 0.409. The van der Waals surface area contributed by atoms with Crippen LogP contribution < -0.4 is 9.47 Å². The number of benzene rings is 2. The molecule has 0 heterocycles. The lowest BCUT2D eigenvalue weighted by Crippen LogP contribution is -2.35. The molecular weight excluding hydrogens is 342 g/mol. The van der Waals surface area contributed by atoms with Gasteiger partial charge in [-0.1, -0.05) is 18.2 Å². The zero-order valence-corrected chi connectivity index (χ0v) is 16.6. The van der Waals surface area contributed by atoms with Crippen molar-refractivity contribution in [2.45, 2.75) is 26.9 Å². The molecule has 0 fully saturated rings. The third-order valence-corrected chi connectivity index (χ3v) is 4.14. The molecule has 0 spiro atoms. The Labute approximate surface area is 161 Å². The van der Waals surface area contributed by atoms with Crippen molar-refractivity contribution in [3.63, 3.8) is 0 Å². The van der Waals surface area contributed by atoms with Crippen molar-refractivity contribution in [1.29, 1.82) is 0 Å². The summed E-state index contributed by atoms with van der Waals surface area (Å²) in [4.78, 5) is 13.4. The summed E-state index contributed by atoms with van der Waals surface area (Å²) in [5.41, 5.74) is 2.96. The Bertz CT molecular complexity index is 739. The number of likely N-dealkylation sites (N-methyl/N-ethyl adjacent to an activating group) is 1. The van der Waals surface area contributed by atoms with E-state index >= 15 is 0 Å². The minimum Gasteiger partial charge on any atom is -0.492 e. The first-order valence-electron chi connectivity index (χ1n) is 9.15. The molecule has 1 atom stereocenters. The van der Waals surface area contributed by atoms with Crippen LogP contribution in [0.2, 0.25) is 0 Å². The average Bonchev–Trinajstić information content (AvgIpc) is 2.59. The van der Waals surface area contributed by atoms with Gasteiger partial charge >= 0.3 is 0 Å². The smallest absolute Gasteiger partial charge is 0.159 e. The van der Waals surface area contributed by atoms with E-state index in [4.69, 9.17) is 9.47 Å². The lowest BCUT2D eigenvalue weighted by atomic mass is 10.1. The van der Waals surface area contributed by atoms with Gasteiger partial charge in [0.15, 0.2) is 5.78 Å². The van der Waals surface area contributed by atoms with Gasteiger partial charge < -0.3 is 19.5 Å². The second-order valence-electron chi connectivity index (χ2n) is 6.98. The summed E-state index contributed by atoms with van der Waals surface area (Å²) in [6.45, 7) is 7.51. The Morgan fingerprint density at radius 3 is 2.44 bits per heavy atom. The number of ketones is 1. The summed E-state index contributed by atoms with van der Waals surface area (Å²) >= 11 is 0. The highest BCUT2D eigenvalue weighted by atomic mass is 16.5. The molecule has 0 aromatic heterocycles. The number of nitrogens with zero attached hydrogens (tertiary/aromatic N) is 1. The molecule has 27 heavy (non-hydrogen) atoms. The van der Waals surface area contributed by atoms with Crippen molar-refractivity contribution >= 4 is 5.78 Å². The Balaban J connectivity index is 1.71. The van der Waals surface area contributed by atoms with Crippen molar-refractivity contribution in [2.75, 3.05) is 33.4 Å². The lowest BCUT2D eigenvalue weighted by Gasteiger charge is -2.21. The maximum Gasteiger partial charge on any atom is 0.159 e. The molecule has 0 radical (unpaired) electrons. The molecule has 2 aromatic carbocycles. The van der Waals surface area contributed by atoms with Crippen LogP contribution in [0.25, 0.3) is 0 Å². The fourth-order valence-corrected chi connectivity index (χ4v) is 2.84. The van der Waals surface area contributed by atoms with Crippen LogP contribution in [-0.2, 0) is 0 Å². The summed E-state index contributed by atoms with van der Waals surface area (Å²) in [5, 5.41) is 10.2. The van der Waals surface area contributed by atoms with Gasteiger partial charge in [-0.05, 0) is 63.2 Å². The largest absolute Gasteiger partial charge is 0.492 e. The van der Waals surface area contributed by atoms with E-state index in [1.165, 1.54) is 18.1 Å². The van der Waals surface area contributed by atoms with Gasteiger partial charge in [-0.3, -0.25) is 4.79 Å². The molecule has 5 nitrogen and oxygen atoms in total. The predicted molar refractivity (Wildman–Crippen MR) is 107 cm³/mol.